The predicted octanol–water partition coefficient (Wildman–Crippen LogP) is 4.55. The number of benzene rings is 1. The molecule has 88 valence electrons. The van der Waals surface area contributed by atoms with Gasteiger partial charge in [-0.2, -0.15) is 0 Å². The van der Waals surface area contributed by atoms with E-state index >= 15 is 0 Å². The first-order chi connectivity index (χ1) is 8.92. The molecule has 2 aromatic heterocycles. The second-order valence-corrected chi connectivity index (χ2v) is 4.98. The van der Waals surface area contributed by atoms with Gasteiger partial charge in [0.2, 0.25) is 0 Å². The molecule has 0 spiro atoms. The molecule has 0 saturated heterocycles. The molecule has 3 heteroatoms. The van der Waals surface area contributed by atoms with Crippen molar-refractivity contribution < 1.29 is 0 Å². The topological polar surface area (TPSA) is 24.9 Å². The average molecular weight is 252 g/mol. The summed E-state index contributed by atoms with van der Waals surface area (Å²) in [6.45, 7) is 0. The number of pyridine rings is 1. The maximum atomic E-state index is 4.09. The lowest BCUT2D eigenvalue weighted by atomic mass is 10.2. The van der Waals surface area contributed by atoms with Crippen LogP contribution >= 0.6 is 11.3 Å². The van der Waals surface area contributed by atoms with Gasteiger partial charge in [-0.25, -0.2) is 0 Å². The van der Waals surface area contributed by atoms with Crippen LogP contribution in [0.2, 0.25) is 0 Å². The fraction of sp³-hybridized carbons (Fsp3) is 0. The van der Waals surface area contributed by atoms with Gasteiger partial charge in [-0.3, -0.25) is 4.98 Å². The second-order valence-electron chi connectivity index (χ2n) is 3.90. The van der Waals surface area contributed by atoms with E-state index in [9.17, 15) is 0 Å². The Morgan fingerprint density at radius 3 is 2.56 bits per heavy atom. The molecule has 0 amide bonds. The van der Waals surface area contributed by atoms with Crippen molar-refractivity contribution in [2.75, 3.05) is 5.32 Å². The summed E-state index contributed by atoms with van der Waals surface area (Å²) in [6, 6.07) is 18.6. The Balaban J connectivity index is 1.82. The largest absolute Gasteiger partial charge is 0.346 e. The quantitative estimate of drug-likeness (QED) is 0.739. The van der Waals surface area contributed by atoms with E-state index in [1.54, 1.807) is 17.5 Å². The van der Waals surface area contributed by atoms with Crippen LogP contribution in [0.15, 0.2) is 67.0 Å². The molecule has 0 atom stereocenters. The van der Waals surface area contributed by atoms with Crippen molar-refractivity contribution in [2.24, 2.45) is 0 Å². The lowest BCUT2D eigenvalue weighted by Gasteiger charge is -2.01. The molecule has 0 aliphatic carbocycles. The zero-order chi connectivity index (χ0) is 12.2. The van der Waals surface area contributed by atoms with E-state index in [4.69, 9.17) is 0 Å². The fourth-order valence-electron chi connectivity index (χ4n) is 1.74. The molecule has 0 aliphatic rings. The molecule has 2 heterocycles. The molecule has 0 fully saturated rings. The van der Waals surface area contributed by atoms with Crippen molar-refractivity contribution in [1.82, 2.24) is 4.98 Å². The van der Waals surface area contributed by atoms with Crippen molar-refractivity contribution in [2.45, 2.75) is 0 Å². The van der Waals surface area contributed by atoms with Crippen LogP contribution in [0.3, 0.4) is 0 Å². The van der Waals surface area contributed by atoms with Crippen LogP contribution in [0.5, 0.6) is 0 Å². The summed E-state index contributed by atoms with van der Waals surface area (Å²) in [6.07, 6.45) is 3.59. The minimum Gasteiger partial charge on any atom is -0.346 e. The Labute approximate surface area is 110 Å². The lowest BCUT2D eigenvalue weighted by Crippen LogP contribution is -1.86. The van der Waals surface area contributed by atoms with Crippen molar-refractivity contribution in [3.8, 4) is 10.4 Å². The van der Waals surface area contributed by atoms with Gasteiger partial charge >= 0.3 is 0 Å². The highest BCUT2D eigenvalue weighted by Crippen LogP contribution is 2.32. The van der Waals surface area contributed by atoms with E-state index in [0.717, 1.165) is 10.7 Å². The normalized spacial score (nSPS) is 10.2. The average Bonchev–Trinajstić information content (AvgIpc) is 2.89. The van der Waals surface area contributed by atoms with Gasteiger partial charge in [0.15, 0.2) is 0 Å². The van der Waals surface area contributed by atoms with Gasteiger partial charge < -0.3 is 5.32 Å². The molecule has 3 aromatic rings. The smallest absolute Gasteiger partial charge is 0.0933 e. The second kappa shape index (κ2) is 5.02. The minimum absolute atomic E-state index is 1.01. The maximum Gasteiger partial charge on any atom is 0.0933 e. The molecule has 18 heavy (non-hydrogen) atoms. The standard InChI is InChI=1S/C15H12N2S/c1-2-5-12(6-3-1)14-8-9-15(18-14)17-13-7-4-10-16-11-13/h1-11,17H. The zero-order valence-corrected chi connectivity index (χ0v) is 10.5. The molecule has 0 unspecified atom stereocenters. The molecule has 1 N–H and O–H groups in total. The number of rotatable bonds is 3. The van der Waals surface area contributed by atoms with Crippen LogP contribution in [0.25, 0.3) is 10.4 Å². The van der Waals surface area contributed by atoms with Gasteiger partial charge in [-0.15, -0.1) is 11.3 Å². The summed E-state index contributed by atoms with van der Waals surface area (Å²) in [5, 5.41) is 4.48. The first-order valence-electron chi connectivity index (χ1n) is 5.74. The van der Waals surface area contributed by atoms with Crippen LogP contribution in [-0.4, -0.2) is 4.98 Å². The van der Waals surface area contributed by atoms with Gasteiger partial charge in [0, 0.05) is 11.1 Å². The Morgan fingerprint density at radius 2 is 1.78 bits per heavy atom. The fourth-order valence-corrected chi connectivity index (χ4v) is 2.67. The molecular weight excluding hydrogens is 240 g/mol. The third-order valence-electron chi connectivity index (χ3n) is 2.59. The summed E-state index contributed by atoms with van der Waals surface area (Å²) >= 11 is 1.74. The number of thiophene rings is 1. The Hall–Kier alpha value is -2.13. The van der Waals surface area contributed by atoms with E-state index in [2.05, 4.69) is 46.7 Å². The van der Waals surface area contributed by atoms with Crippen LogP contribution in [0.1, 0.15) is 0 Å². The van der Waals surface area contributed by atoms with E-state index in [1.807, 2.05) is 24.4 Å². The van der Waals surface area contributed by atoms with E-state index in [0.29, 0.717) is 0 Å². The van der Waals surface area contributed by atoms with Crippen molar-refractivity contribution in [3.05, 3.63) is 67.0 Å². The summed E-state index contributed by atoms with van der Waals surface area (Å²) in [7, 11) is 0. The third-order valence-corrected chi connectivity index (χ3v) is 3.64. The van der Waals surface area contributed by atoms with Crippen LogP contribution in [0, 0.1) is 0 Å². The molecule has 0 aliphatic heterocycles. The molecule has 3 rings (SSSR count). The summed E-state index contributed by atoms with van der Waals surface area (Å²) in [4.78, 5) is 5.35. The Bertz CT molecular complexity index is 617. The zero-order valence-electron chi connectivity index (χ0n) is 9.71. The molecule has 1 aromatic carbocycles. The predicted molar refractivity (Wildman–Crippen MR) is 77.3 cm³/mol. The monoisotopic (exact) mass is 252 g/mol. The highest BCUT2D eigenvalue weighted by Gasteiger charge is 2.02. The van der Waals surface area contributed by atoms with Gasteiger partial charge in [0.1, 0.15) is 0 Å². The third kappa shape index (κ3) is 2.41. The lowest BCUT2D eigenvalue weighted by molar-refractivity contribution is 1.33. The summed E-state index contributed by atoms with van der Waals surface area (Å²) < 4.78 is 0. The van der Waals surface area contributed by atoms with Gasteiger partial charge in [-0.1, -0.05) is 30.3 Å². The summed E-state index contributed by atoms with van der Waals surface area (Å²) in [5.74, 6) is 0. The van der Waals surface area contributed by atoms with E-state index < -0.39 is 0 Å². The minimum atomic E-state index is 1.01. The molecular formula is C15H12N2S. The highest BCUT2D eigenvalue weighted by molar-refractivity contribution is 7.19. The van der Waals surface area contributed by atoms with Crippen molar-refractivity contribution in [3.63, 3.8) is 0 Å². The van der Waals surface area contributed by atoms with E-state index in [-0.39, 0.29) is 0 Å². The Morgan fingerprint density at radius 1 is 0.889 bits per heavy atom. The molecule has 0 radical (unpaired) electrons. The molecule has 0 saturated carbocycles. The summed E-state index contributed by atoms with van der Waals surface area (Å²) in [5.41, 5.74) is 2.26. The molecule has 0 bridgehead atoms. The van der Waals surface area contributed by atoms with Gasteiger partial charge in [0.25, 0.3) is 0 Å². The molecule has 2 nitrogen and oxygen atoms in total. The number of anilines is 2. The SMILES string of the molecule is c1ccc(-c2ccc(Nc3cccnc3)s2)cc1. The number of hydrogen-bond donors (Lipinski definition) is 1. The van der Waals surface area contributed by atoms with Crippen LogP contribution < -0.4 is 5.32 Å². The number of nitrogens with one attached hydrogen (secondary N) is 1. The first kappa shape index (κ1) is 11.0. The maximum absolute atomic E-state index is 4.09. The van der Waals surface area contributed by atoms with Crippen LogP contribution in [-0.2, 0) is 0 Å². The van der Waals surface area contributed by atoms with E-state index in [1.165, 1.54) is 10.4 Å². The Kier molecular flexibility index (Phi) is 3.07. The van der Waals surface area contributed by atoms with Crippen LogP contribution in [0.4, 0.5) is 10.7 Å². The van der Waals surface area contributed by atoms with Crippen molar-refractivity contribution >= 4 is 22.0 Å². The first-order valence-corrected chi connectivity index (χ1v) is 6.56. The van der Waals surface area contributed by atoms with Crippen molar-refractivity contribution in [1.29, 1.82) is 0 Å². The number of hydrogen-bond acceptors (Lipinski definition) is 3. The number of nitrogens with zero attached hydrogens (tertiary/aromatic N) is 1. The highest BCUT2D eigenvalue weighted by atomic mass is 32.1. The van der Waals surface area contributed by atoms with Gasteiger partial charge in [-0.05, 0) is 29.8 Å². The van der Waals surface area contributed by atoms with Gasteiger partial charge in [0.05, 0.1) is 16.9 Å². The number of aromatic nitrogens is 1.